The summed E-state index contributed by atoms with van der Waals surface area (Å²) in [7, 11) is 0. The van der Waals surface area contributed by atoms with Gasteiger partial charge in [-0.1, -0.05) is 33.1 Å². The van der Waals surface area contributed by atoms with Crippen molar-refractivity contribution in [2.75, 3.05) is 6.54 Å². The quantitative estimate of drug-likeness (QED) is 0.602. The third-order valence-corrected chi connectivity index (χ3v) is 1.68. The average Bonchev–Trinajstić information content (AvgIpc) is 1.88. The first-order chi connectivity index (χ1) is 4.35. The number of nitrogens with two attached hydrogens (primary N) is 1. The van der Waals surface area contributed by atoms with Gasteiger partial charge in [-0.15, -0.1) is 0 Å². The van der Waals surface area contributed by atoms with Crippen LogP contribution in [0.4, 0.5) is 0 Å². The predicted molar refractivity (Wildman–Crippen MR) is 42.0 cm³/mol. The van der Waals surface area contributed by atoms with Crippen LogP contribution in [0, 0.1) is 12.8 Å². The third kappa shape index (κ3) is 4.46. The van der Waals surface area contributed by atoms with Crippen LogP contribution in [0.15, 0.2) is 0 Å². The highest BCUT2D eigenvalue weighted by molar-refractivity contribution is 4.59. The van der Waals surface area contributed by atoms with Gasteiger partial charge < -0.3 is 5.73 Å². The summed E-state index contributed by atoms with van der Waals surface area (Å²) < 4.78 is 0. The van der Waals surface area contributed by atoms with Gasteiger partial charge in [-0.2, -0.15) is 0 Å². The second-order valence-corrected chi connectivity index (χ2v) is 2.52. The summed E-state index contributed by atoms with van der Waals surface area (Å²) in [6.45, 7) is 6.89. The Morgan fingerprint density at radius 3 is 2.44 bits per heavy atom. The van der Waals surface area contributed by atoms with Gasteiger partial charge >= 0.3 is 0 Å². The molecule has 1 nitrogen and oxygen atoms in total. The van der Waals surface area contributed by atoms with Crippen molar-refractivity contribution in [3.8, 4) is 0 Å². The number of hydrogen-bond donors (Lipinski definition) is 1. The first-order valence-electron chi connectivity index (χ1n) is 3.84. The van der Waals surface area contributed by atoms with Gasteiger partial charge in [0, 0.05) is 0 Å². The molecule has 0 heterocycles. The molecule has 0 spiro atoms. The minimum absolute atomic E-state index is 0.778. The van der Waals surface area contributed by atoms with Gasteiger partial charge in [0.2, 0.25) is 0 Å². The van der Waals surface area contributed by atoms with Crippen LogP contribution < -0.4 is 5.73 Å². The van der Waals surface area contributed by atoms with E-state index in [1.165, 1.54) is 12.8 Å². The van der Waals surface area contributed by atoms with Gasteiger partial charge in [0.25, 0.3) is 0 Å². The molecule has 0 amide bonds. The Morgan fingerprint density at radius 2 is 2.11 bits per heavy atom. The van der Waals surface area contributed by atoms with E-state index >= 15 is 0 Å². The lowest BCUT2D eigenvalue weighted by Crippen LogP contribution is -2.07. The third-order valence-electron chi connectivity index (χ3n) is 1.68. The molecule has 0 saturated heterocycles. The van der Waals surface area contributed by atoms with Crippen molar-refractivity contribution >= 4 is 0 Å². The summed E-state index contributed by atoms with van der Waals surface area (Å²) in [5.41, 5.74) is 5.41. The predicted octanol–water partition coefficient (Wildman–Crippen LogP) is 1.98. The molecular formula is C8H18N. The maximum absolute atomic E-state index is 5.41. The average molecular weight is 128 g/mol. The smallest absolute Gasteiger partial charge is 0.00746 e. The van der Waals surface area contributed by atoms with Gasteiger partial charge in [0.15, 0.2) is 0 Å². The molecule has 0 aliphatic carbocycles. The molecule has 55 valence electrons. The molecule has 0 fully saturated rings. The molecule has 0 rings (SSSR count). The molecule has 2 N–H and O–H groups in total. The van der Waals surface area contributed by atoms with Crippen molar-refractivity contribution in [3.63, 3.8) is 0 Å². The van der Waals surface area contributed by atoms with E-state index in [2.05, 4.69) is 13.8 Å². The summed E-state index contributed by atoms with van der Waals surface area (Å²) in [6, 6.07) is 0. The van der Waals surface area contributed by atoms with E-state index < -0.39 is 0 Å². The second kappa shape index (κ2) is 6.09. The summed E-state index contributed by atoms with van der Waals surface area (Å²) in [5.74, 6) is 0.778. The highest BCUT2D eigenvalue weighted by Gasteiger charge is 2.01. The van der Waals surface area contributed by atoms with Crippen LogP contribution in [0.3, 0.4) is 0 Å². The van der Waals surface area contributed by atoms with Crippen molar-refractivity contribution in [3.05, 3.63) is 6.92 Å². The Bertz CT molecular complexity index is 46.5. The monoisotopic (exact) mass is 128 g/mol. The zero-order chi connectivity index (χ0) is 7.11. The second-order valence-electron chi connectivity index (χ2n) is 2.52. The summed E-state index contributed by atoms with van der Waals surface area (Å²) in [4.78, 5) is 0. The maximum Gasteiger partial charge on any atom is -0.00746 e. The lowest BCUT2D eigenvalue weighted by Gasteiger charge is -2.10. The van der Waals surface area contributed by atoms with Crippen molar-refractivity contribution in [1.82, 2.24) is 0 Å². The van der Waals surface area contributed by atoms with Crippen LogP contribution in [0.25, 0.3) is 0 Å². The van der Waals surface area contributed by atoms with E-state index in [9.17, 15) is 0 Å². The fraction of sp³-hybridized carbons (Fsp3) is 0.875. The number of hydrogen-bond acceptors (Lipinski definition) is 1. The Balaban J connectivity index is 3.18. The highest BCUT2D eigenvalue weighted by atomic mass is 14.5. The van der Waals surface area contributed by atoms with E-state index in [0.717, 1.165) is 25.3 Å². The first-order valence-corrected chi connectivity index (χ1v) is 3.84. The van der Waals surface area contributed by atoms with E-state index in [1.807, 2.05) is 0 Å². The number of rotatable bonds is 5. The van der Waals surface area contributed by atoms with Crippen LogP contribution in [-0.4, -0.2) is 6.54 Å². The molecule has 0 aliphatic heterocycles. The van der Waals surface area contributed by atoms with E-state index in [-0.39, 0.29) is 0 Å². The molecule has 9 heavy (non-hydrogen) atoms. The normalized spacial score (nSPS) is 13.7. The molecule has 1 unspecified atom stereocenters. The molecule has 0 bridgehead atoms. The summed E-state index contributed by atoms with van der Waals surface area (Å²) in [5, 5.41) is 0. The minimum Gasteiger partial charge on any atom is -0.330 e. The zero-order valence-electron chi connectivity index (χ0n) is 6.40. The topological polar surface area (TPSA) is 26.0 Å². The van der Waals surface area contributed by atoms with Crippen LogP contribution in [-0.2, 0) is 0 Å². The van der Waals surface area contributed by atoms with Crippen LogP contribution >= 0.6 is 0 Å². The van der Waals surface area contributed by atoms with Crippen LogP contribution in [0.2, 0.25) is 0 Å². The Hall–Kier alpha value is -0.0400. The van der Waals surface area contributed by atoms with E-state index in [1.54, 1.807) is 0 Å². The fourth-order valence-electron chi connectivity index (χ4n) is 1.08. The fourth-order valence-corrected chi connectivity index (χ4v) is 1.08. The Labute approximate surface area is 58.6 Å². The SMILES string of the molecule is [CH2]CC(CCC)CCN. The zero-order valence-corrected chi connectivity index (χ0v) is 6.40. The Morgan fingerprint density at radius 1 is 1.44 bits per heavy atom. The lowest BCUT2D eigenvalue weighted by atomic mass is 9.97. The highest BCUT2D eigenvalue weighted by Crippen LogP contribution is 2.12. The summed E-state index contributed by atoms with van der Waals surface area (Å²) >= 11 is 0. The Kier molecular flexibility index (Phi) is 6.06. The van der Waals surface area contributed by atoms with E-state index in [4.69, 9.17) is 5.73 Å². The molecule has 1 radical (unpaired) electrons. The minimum atomic E-state index is 0.778. The molecule has 0 saturated carbocycles. The van der Waals surface area contributed by atoms with Gasteiger partial charge in [-0.3, -0.25) is 0 Å². The van der Waals surface area contributed by atoms with Crippen LogP contribution in [0.1, 0.15) is 32.6 Å². The van der Waals surface area contributed by atoms with Gasteiger partial charge in [-0.25, -0.2) is 0 Å². The van der Waals surface area contributed by atoms with Crippen molar-refractivity contribution in [2.45, 2.75) is 32.6 Å². The van der Waals surface area contributed by atoms with E-state index in [0.29, 0.717) is 0 Å². The van der Waals surface area contributed by atoms with Crippen molar-refractivity contribution in [2.24, 2.45) is 11.7 Å². The summed E-state index contributed by atoms with van der Waals surface area (Å²) in [6.07, 6.45) is 4.75. The van der Waals surface area contributed by atoms with Gasteiger partial charge in [-0.05, 0) is 18.9 Å². The molecule has 0 aromatic heterocycles. The molecule has 0 aromatic rings. The molecule has 0 aliphatic rings. The van der Waals surface area contributed by atoms with Crippen molar-refractivity contribution < 1.29 is 0 Å². The largest absolute Gasteiger partial charge is 0.330 e. The lowest BCUT2D eigenvalue weighted by molar-refractivity contribution is 0.455. The molecule has 1 heteroatoms. The maximum atomic E-state index is 5.41. The molecular weight excluding hydrogens is 110 g/mol. The van der Waals surface area contributed by atoms with Gasteiger partial charge in [0.05, 0.1) is 0 Å². The molecule has 0 aromatic carbocycles. The molecule has 1 atom stereocenters. The van der Waals surface area contributed by atoms with Crippen molar-refractivity contribution in [1.29, 1.82) is 0 Å². The van der Waals surface area contributed by atoms with Crippen LogP contribution in [0.5, 0.6) is 0 Å². The standard InChI is InChI=1S/C8H18N/c1-3-5-8(4-2)6-7-9/h8H,2-7,9H2,1H3. The van der Waals surface area contributed by atoms with Gasteiger partial charge in [0.1, 0.15) is 0 Å². The first kappa shape index (κ1) is 8.96.